The lowest BCUT2D eigenvalue weighted by Gasteiger charge is -2.50. The molecule has 2 fully saturated rings. The van der Waals surface area contributed by atoms with Crippen LogP contribution in [-0.4, -0.2) is 118 Å². The highest BCUT2D eigenvalue weighted by molar-refractivity contribution is 5.73. The lowest BCUT2D eigenvalue weighted by Crippen LogP contribution is -2.56. The van der Waals surface area contributed by atoms with Gasteiger partial charge < -0.3 is 29.5 Å². The minimum atomic E-state index is -5.08. The summed E-state index contributed by atoms with van der Waals surface area (Å²) >= 11 is 0. The number of nitrogens with zero attached hydrogens (tertiary/aromatic N) is 4. The second-order valence-electron chi connectivity index (χ2n) is 11.3. The quantitative estimate of drug-likeness (QED) is 0.357. The van der Waals surface area contributed by atoms with Gasteiger partial charge in [0, 0.05) is 51.5 Å². The number of benzene rings is 1. The van der Waals surface area contributed by atoms with Crippen molar-refractivity contribution in [3.8, 4) is 11.3 Å². The highest BCUT2D eigenvalue weighted by Gasteiger charge is 2.46. The highest BCUT2D eigenvalue weighted by atomic mass is 19.4. The van der Waals surface area contributed by atoms with E-state index in [1.54, 1.807) is 12.1 Å². The molecule has 282 valence electrons. The molecule has 1 aromatic heterocycles. The van der Waals surface area contributed by atoms with Crippen molar-refractivity contribution < 1.29 is 78.3 Å². The van der Waals surface area contributed by atoms with E-state index in [2.05, 4.69) is 21.4 Å². The number of aromatic nitrogens is 2. The average molecular weight is 741 g/mol. The second-order valence-corrected chi connectivity index (χ2v) is 11.3. The van der Waals surface area contributed by atoms with Crippen LogP contribution >= 0.6 is 0 Å². The Balaban J connectivity index is 0.000000338. The molecule has 50 heavy (non-hydrogen) atoms. The van der Waals surface area contributed by atoms with Crippen LogP contribution < -0.4 is 0 Å². The van der Waals surface area contributed by atoms with Crippen LogP contribution in [0, 0.1) is 11.7 Å². The van der Waals surface area contributed by atoms with Gasteiger partial charge in [-0.1, -0.05) is 12.1 Å². The van der Waals surface area contributed by atoms with Crippen molar-refractivity contribution in [2.24, 2.45) is 5.92 Å². The molecule has 1 aromatic carbocycles. The molecule has 5 rings (SSSR count). The number of ether oxygens (including phenoxy) is 1. The number of halogens is 10. The highest BCUT2D eigenvalue weighted by Crippen LogP contribution is 2.42. The summed E-state index contributed by atoms with van der Waals surface area (Å²) in [4.78, 5) is 36.7. The molecule has 1 spiro atoms. The van der Waals surface area contributed by atoms with E-state index in [1.807, 2.05) is 12.3 Å². The Kier molecular flexibility index (Phi) is 14.6. The topological polar surface area (TPSA) is 145 Å². The first-order chi connectivity index (χ1) is 23.0. The fraction of sp³-hybridized carbons (Fsp3) is 0.586. The number of imidazole rings is 1. The third kappa shape index (κ3) is 12.1. The van der Waals surface area contributed by atoms with Crippen LogP contribution in [0.2, 0.25) is 0 Å². The molecular formula is C29H34F10N4O7. The van der Waals surface area contributed by atoms with E-state index in [1.165, 1.54) is 25.5 Å². The molecule has 2 saturated heterocycles. The number of aliphatic carboxylic acids is 3. The van der Waals surface area contributed by atoms with Gasteiger partial charge in [0.05, 0.1) is 17.4 Å². The number of carboxylic acids is 3. The molecule has 2 aromatic rings. The van der Waals surface area contributed by atoms with E-state index in [4.69, 9.17) is 39.4 Å². The molecule has 0 bridgehead atoms. The fourth-order valence-corrected chi connectivity index (χ4v) is 5.49. The lowest BCUT2D eigenvalue weighted by atomic mass is 9.83. The molecule has 0 unspecified atom stereocenters. The number of carbonyl (C=O) groups is 3. The Morgan fingerprint density at radius 3 is 1.76 bits per heavy atom. The molecule has 3 aliphatic rings. The fourth-order valence-electron chi connectivity index (χ4n) is 5.49. The maximum Gasteiger partial charge on any atom is 0.490 e. The van der Waals surface area contributed by atoms with Gasteiger partial charge in [0.25, 0.3) is 0 Å². The number of rotatable bonds is 3. The first kappa shape index (κ1) is 42.2. The summed E-state index contributed by atoms with van der Waals surface area (Å²) in [5, 5.41) is 21.4. The number of hydrogen-bond acceptors (Lipinski definition) is 7. The van der Waals surface area contributed by atoms with Crippen LogP contribution in [0.1, 0.15) is 31.5 Å². The number of likely N-dealkylation sites (tertiary alicyclic amines) is 1. The molecule has 0 aliphatic carbocycles. The van der Waals surface area contributed by atoms with E-state index >= 15 is 0 Å². The van der Waals surface area contributed by atoms with Crippen molar-refractivity contribution >= 4 is 17.9 Å². The van der Waals surface area contributed by atoms with E-state index in [0.29, 0.717) is 0 Å². The summed E-state index contributed by atoms with van der Waals surface area (Å²) in [7, 11) is 2.24. The van der Waals surface area contributed by atoms with Gasteiger partial charge in [-0.05, 0) is 50.8 Å². The van der Waals surface area contributed by atoms with Gasteiger partial charge in [-0.15, -0.1) is 0 Å². The zero-order chi connectivity index (χ0) is 38.1. The normalized spacial score (nSPS) is 18.3. The van der Waals surface area contributed by atoms with E-state index in [0.717, 1.165) is 75.2 Å². The number of likely N-dealkylation sites (N-methyl/N-ethyl adjacent to an activating group) is 1. The number of piperidine rings is 1. The van der Waals surface area contributed by atoms with Gasteiger partial charge >= 0.3 is 36.4 Å². The third-order valence-corrected chi connectivity index (χ3v) is 8.05. The Morgan fingerprint density at radius 2 is 1.32 bits per heavy atom. The molecule has 0 atom stereocenters. The van der Waals surface area contributed by atoms with Crippen molar-refractivity contribution in [3.05, 3.63) is 42.1 Å². The van der Waals surface area contributed by atoms with Crippen molar-refractivity contribution in [2.75, 3.05) is 46.4 Å². The van der Waals surface area contributed by atoms with Crippen LogP contribution in [0.25, 0.3) is 11.3 Å². The average Bonchev–Trinajstić information content (AvgIpc) is 3.45. The van der Waals surface area contributed by atoms with E-state index in [-0.39, 0.29) is 11.4 Å². The number of alkyl halides is 9. The predicted molar refractivity (Wildman–Crippen MR) is 152 cm³/mol. The predicted octanol–water partition coefficient (Wildman–Crippen LogP) is 5.25. The maximum absolute atomic E-state index is 13.8. The minimum absolute atomic E-state index is 0.00397. The van der Waals surface area contributed by atoms with Crippen LogP contribution in [-0.2, 0) is 31.2 Å². The summed E-state index contributed by atoms with van der Waals surface area (Å²) in [6.07, 6.45) is -8.70. The molecule has 11 nitrogen and oxygen atoms in total. The standard InChI is InChI=1S/C23H31FN4O.3C2HF3O2/c1-26-11-12-28-21(19-3-2-4-20(24)15-19)16-25-22(28)23(26)7-9-27(10-8-23)17-18-5-13-29-14-6-18;3*3-2(4,5)1(6)7/h2-4,15-16,18H,5-14,17H2,1H3;3*(H,6,7). The number of hydrogen-bond donors (Lipinski definition) is 3. The molecule has 0 amide bonds. The Bertz CT molecular complexity index is 1380. The molecule has 21 heteroatoms. The van der Waals surface area contributed by atoms with Gasteiger partial charge in [-0.3, -0.25) is 4.90 Å². The van der Waals surface area contributed by atoms with Crippen molar-refractivity contribution in [1.82, 2.24) is 19.4 Å². The SMILES string of the molecule is CN1CCn2c(-c3cccc(F)c3)cnc2C12CCN(CC1CCOCC1)CC2.O=C(O)C(F)(F)F.O=C(O)C(F)(F)F.O=C(O)C(F)(F)F. The molecule has 0 radical (unpaired) electrons. The summed E-state index contributed by atoms with van der Waals surface area (Å²) in [6, 6.07) is 6.88. The van der Waals surface area contributed by atoms with E-state index in [9.17, 15) is 43.9 Å². The smallest absolute Gasteiger partial charge is 0.475 e. The van der Waals surface area contributed by atoms with Crippen molar-refractivity contribution in [3.63, 3.8) is 0 Å². The monoisotopic (exact) mass is 740 g/mol. The largest absolute Gasteiger partial charge is 0.490 e. The van der Waals surface area contributed by atoms with Gasteiger partial charge in [-0.25, -0.2) is 23.8 Å². The van der Waals surface area contributed by atoms with E-state index < -0.39 is 36.4 Å². The van der Waals surface area contributed by atoms with Crippen molar-refractivity contribution in [1.29, 1.82) is 0 Å². The van der Waals surface area contributed by atoms with Crippen LogP contribution in [0.15, 0.2) is 30.5 Å². The first-order valence-corrected chi connectivity index (χ1v) is 14.7. The van der Waals surface area contributed by atoms with Crippen molar-refractivity contribution in [2.45, 2.75) is 56.3 Å². The molecule has 4 heterocycles. The number of carboxylic acid groups (broad SMARTS) is 3. The van der Waals surface area contributed by atoms with Crippen LogP contribution in [0.3, 0.4) is 0 Å². The maximum atomic E-state index is 13.8. The third-order valence-electron chi connectivity index (χ3n) is 8.05. The Hall–Kier alpha value is -3.98. The summed E-state index contributed by atoms with van der Waals surface area (Å²) in [5.74, 6) is -6.52. The lowest BCUT2D eigenvalue weighted by molar-refractivity contribution is -0.193. The molecule has 0 saturated carbocycles. The first-order valence-electron chi connectivity index (χ1n) is 14.7. The zero-order valence-corrected chi connectivity index (χ0v) is 26.3. The van der Waals surface area contributed by atoms with Gasteiger partial charge in [-0.2, -0.15) is 39.5 Å². The van der Waals surface area contributed by atoms with Gasteiger partial charge in [0.1, 0.15) is 11.6 Å². The number of fused-ring (bicyclic) bond motifs is 2. The van der Waals surface area contributed by atoms with Crippen LogP contribution in [0.5, 0.6) is 0 Å². The Morgan fingerprint density at radius 1 is 0.840 bits per heavy atom. The summed E-state index contributed by atoms with van der Waals surface area (Å²) in [6.45, 7) is 7.19. The molecular weight excluding hydrogens is 706 g/mol. The van der Waals surface area contributed by atoms with Crippen LogP contribution in [0.4, 0.5) is 43.9 Å². The summed E-state index contributed by atoms with van der Waals surface area (Å²) < 4.78 is 117. The Labute approximate surface area is 278 Å². The van der Waals surface area contributed by atoms with Gasteiger partial charge in [0.2, 0.25) is 0 Å². The molecule has 3 aliphatic heterocycles. The minimum Gasteiger partial charge on any atom is -0.475 e. The zero-order valence-electron chi connectivity index (χ0n) is 26.3. The summed E-state index contributed by atoms with van der Waals surface area (Å²) in [5.41, 5.74) is 1.95. The van der Waals surface area contributed by atoms with Gasteiger partial charge in [0.15, 0.2) is 0 Å². The second kappa shape index (κ2) is 17.3. The molecule has 3 N–H and O–H groups in total.